The molecule has 1 N–H and O–H groups in total. The van der Waals surface area contributed by atoms with Gasteiger partial charge < -0.3 is 24.1 Å². The molecule has 126 valence electrons. The highest BCUT2D eigenvalue weighted by molar-refractivity contribution is 5.72. The molecule has 0 fully saturated rings. The molecule has 0 amide bonds. The van der Waals surface area contributed by atoms with E-state index in [1.54, 1.807) is 13.2 Å². The van der Waals surface area contributed by atoms with Gasteiger partial charge in [0.25, 0.3) is 0 Å². The van der Waals surface area contributed by atoms with Gasteiger partial charge in [0.2, 0.25) is 6.79 Å². The topological polar surface area (TPSA) is 74.2 Å². The van der Waals surface area contributed by atoms with Gasteiger partial charge in [-0.15, -0.1) is 0 Å². The second-order valence-corrected chi connectivity index (χ2v) is 5.37. The van der Waals surface area contributed by atoms with Crippen LogP contribution in [-0.2, 0) is 9.53 Å². The molecule has 0 saturated carbocycles. The number of hydrogen-bond acceptors (Lipinski definition) is 6. The number of hydrogen-bond donors (Lipinski definition) is 1. The maximum absolute atomic E-state index is 11.9. The van der Waals surface area contributed by atoms with E-state index in [2.05, 4.69) is 0 Å². The lowest BCUT2D eigenvalue weighted by atomic mass is 9.87. The summed E-state index contributed by atoms with van der Waals surface area (Å²) in [5.41, 5.74) is 1.44. The summed E-state index contributed by atoms with van der Waals surface area (Å²) in [6.45, 7) is 0.114. The van der Waals surface area contributed by atoms with E-state index >= 15 is 0 Å². The zero-order valence-electron chi connectivity index (χ0n) is 13.4. The molecule has 6 heteroatoms. The number of carbonyl (C=O) groups is 1. The molecule has 6 nitrogen and oxygen atoms in total. The van der Waals surface area contributed by atoms with Gasteiger partial charge in [-0.3, -0.25) is 4.79 Å². The number of phenolic OH excluding ortho intramolecular Hbond substituents is 1. The third kappa shape index (κ3) is 3.08. The molecular weight excluding hydrogens is 312 g/mol. The van der Waals surface area contributed by atoms with Gasteiger partial charge in [0.15, 0.2) is 11.5 Å². The molecule has 1 aliphatic heterocycles. The molecule has 2 aromatic rings. The molecule has 2 aromatic carbocycles. The van der Waals surface area contributed by atoms with Crippen molar-refractivity contribution in [1.82, 2.24) is 0 Å². The number of benzene rings is 2. The van der Waals surface area contributed by atoms with Crippen LogP contribution in [0, 0.1) is 0 Å². The third-order valence-corrected chi connectivity index (χ3v) is 4.01. The summed E-state index contributed by atoms with van der Waals surface area (Å²) in [7, 11) is 2.93. The largest absolute Gasteiger partial charge is 0.508 e. The van der Waals surface area contributed by atoms with Crippen LogP contribution in [0.3, 0.4) is 0 Å². The van der Waals surface area contributed by atoms with Crippen molar-refractivity contribution in [2.24, 2.45) is 0 Å². The smallest absolute Gasteiger partial charge is 0.306 e. The molecule has 0 unspecified atom stereocenters. The van der Waals surface area contributed by atoms with E-state index in [1.807, 2.05) is 24.3 Å². The highest BCUT2D eigenvalue weighted by atomic mass is 16.7. The minimum absolute atomic E-state index is 0.0453. The van der Waals surface area contributed by atoms with E-state index < -0.39 is 0 Å². The molecule has 3 rings (SSSR count). The Morgan fingerprint density at radius 3 is 2.46 bits per heavy atom. The Labute approximate surface area is 139 Å². The van der Waals surface area contributed by atoms with Crippen molar-refractivity contribution < 1.29 is 28.8 Å². The van der Waals surface area contributed by atoms with Crippen LogP contribution in [0.5, 0.6) is 23.0 Å². The van der Waals surface area contributed by atoms with Crippen LogP contribution in [0.2, 0.25) is 0 Å². The number of ether oxygens (including phenoxy) is 4. The molecule has 0 aliphatic carbocycles. The molecule has 0 aromatic heterocycles. The van der Waals surface area contributed by atoms with Crippen molar-refractivity contribution in [2.75, 3.05) is 21.0 Å². The summed E-state index contributed by atoms with van der Waals surface area (Å²) >= 11 is 0. The van der Waals surface area contributed by atoms with Gasteiger partial charge in [-0.05, 0) is 23.8 Å². The van der Waals surface area contributed by atoms with Crippen molar-refractivity contribution in [3.05, 3.63) is 47.5 Å². The number of methoxy groups -OCH3 is 2. The Bertz CT molecular complexity index is 738. The molecule has 24 heavy (non-hydrogen) atoms. The van der Waals surface area contributed by atoms with Gasteiger partial charge >= 0.3 is 5.97 Å². The van der Waals surface area contributed by atoms with Crippen molar-refractivity contribution in [2.45, 2.75) is 12.3 Å². The van der Waals surface area contributed by atoms with Crippen LogP contribution in [0.25, 0.3) is 0 Å². The van der Waals surface area contributed by atoms with Crippen molar-refractivity contribution in [3.63, 3.8) is 0 Å². The maximum atomic E-state index is 11.9. The number of carbonyl (C=O) groups excluding carboxylic acids is 1. The van der Waals surface area contributed by atoms with E-state index in [4.69, 9.17) is 18.9 Å². The molecule has 1 heterocycles. The minimum atomic E-state index is -0.377. The first kappa shape index (κ1) is 16.0. The number of aromatic hydroxyl groups is 1. The van der Waals surface area contributed by atoms with E-state index in [1.165, 1.54) is 13.2 Å². The first-order valence-corrected chi connectivity index (χ1v) is 7.45. The molecule has 1 atom stereocenters. The fourth-order valence-electron chi connectivity index (χ4n) is 2.72. The van der Waals surface area contributed by atoms with E-state index in [0.29, 0.717) is 22.8 Å². The van der Waals surface area contributed by atoms with Gasteiger partial charge in [0, 0.05) is 17.5 Å². The standard InChI is InChI=1S/C18H18O6/c1-21-12-5-3-11(4-6-12)13(8-18(20)22-2)14-7-16-17(9-15(14)19)24-10-23-16/h3-7,9,13,19H,8,10H2,1-2H3/t13-/m1/s1. The van der Waals surface area contributed by atoms with Crippen LogP contribution < -0.4 is 14.2 Å². The van der Waals surface area contributed by atoms with Crippen molar-refractivity contribution in [3.8, 4) is 23.0 Å². The van der Waals surface area contributed by atoms with Crippen molar-refractivity contribution >= 4 is 5.97 Å². The quantitative estimate of drug-likeness (QED) is 0.850. The average molecular weight is 330 g/mol. The third-order valence-electron chi connectivity index (χ3n) is 4.01. The Morgan fingerprint density at radius 2 is 1.83 bits per heavy atom. The molecule has 0 radical (unpaired) electrons. The van der Waals surface area contributed by atoms with Crippen LogP contribution >= 0.6 is 0 Å². The van der Waals surface area contributed by atoms with Gasteiger partial charge in [0.05, 0.1) is 20.6 Å². The highest BCUT2D eigenvalue weighted by Gasteiger charge is 2.25. The molecular formula is C18H18O6. The Kier molecular flexibility index (Phi) is 4.46. The fraction of sp³-hybridized carbons (Fsp3) is 0.278. The maximum Gasteiger partial charge on any atom is 0.306 e. The molecule has 0 saturated heterocycles. The summed E-state index contributed by atoms with van der Waals surface area (Å²) < 4.78 is 20.6. The van der Waals surface area contributed by atoms with Gasteiger partial charge in [0.1, 0.15) is 11.5 Å². The van der Waals surface area contributed by atoms with Crippen molar-refractivity contribution in [1.29, 1.82) is 0 Å². The summed E-state index contributed by atoms with van der Waals surface area (Å²) in [6.07, 6.45) is 0.0933. The first-order chi connectivity index (χ1) is 11.6. The van der Waals surface area contributed by atoms with Crippen LogP contribution in [0.1, 0.15) is 23.5 Å². The summed E-state index contributed by atoms with van der Waals surface area (Å²) in [5, 5.41) is 10.4. The molecule has 1 aliphatic rings. The number of phenols is 1. The zero-order valence-corrected chi connectivity index (χ0v) is 13.4. The predicted molar refractivity (Wildman–Crippen MR) is 85.7 cm³/mol. The normalized spacial score (nSPS) is 13.4. The SMILES string of the molecule is COC(=O)C[C@H](c1ccc(OC)cc1)c1cc2c(cc1O)OCO2. The summed E-state index contributed by atoms with van der Waals surface area (Å²) in [5.74, 6) is 1.05. The lowest BCUT2D eigenvalue weighted by molar-refractivity contribution is -0.140. The minimum Gasteiger partial charge on any atom is -0.508 e. The van der Waals surface area contributed by atoms with Crippen LogP contribution in [0.15, 0.2) is 36.4 Å². The van der Waals surface area contributed by atoms with E-state index in [9.17, 15) is 9.90 Å². The summed E-state index contributed by atoms with van der Waals surface area (Å²) in [4.78, 5) is 11.9. The average Bonchev–Trinajstić information content (AvgIpc) is 3.06. The number of fused-ring (bicyclic) bond motifs is 1. The first-order valence-electron chi connectivity index (χ1n) is 7.45. The zero-order chi connectivity index (χ0) is 17.1. The Morgan fingerprint density at radius 1 is 1.17 bits per heavy atom. The number of esters is 1. The van der Waals surface area contributed by atoms with Gasteiger partial charge in [-0.25, -0.2) is 0 Å². The highest BCUT2D eigenvalue weighted by Crippen LogP contribution is 2.43. The van der Waals surface area contributed by atoms with Gasteiger partial charge in [-0.1, -0.05) is 12.1 Å². The summed E-state index contributed by atoms with van der Waals surface area (Å²) in [6, 6.07) is 10.5. The monoisotopic (exact) mass is 330 g/mol. The Balaban J connectivity index is 2.02. The van der Waals surface area contributed by atoms with E-state index in [-0.39, 0.29) is 30.9 Å². The van der Waals surface area contributed by atoms with Crippen LogP contribution in [-0.4, -0.2) is 32.1 Å². The molecule has 0 bridgehead atoms. The van der Waals surface area contributed by atoms with E-state index in [0.717, 1.165) is 5.56 Å². The second-order valence-electron chi connectivity index (χ2n) is 5.37. The lowest BCUT2D eigenvalue weighted by Crippen LogP contribution is -2.10. The lowest BCUT2D eigenvalue weighted by Gasteiger charge is -2.19. The van der Waals surface area contributed by atoms with Gasteiger partial charge in [-0.2, -0.15) is 0 Å². The number of rotatable bonds is 5. The molecule has 0 spiro atoms. The predicted octanol–water partition coefficient (Wildman–Crippen LogP) is 2.82. The second kappa shape index (κ2) is 6.70. The Hall–Kier alpha value is -2.89. The fourth-order valence-corrected chi connectivity index (χ4v) is 2.72. The van der Waals surface area contributed by atoms with Crippen LogP contribution in [0.4, 0.5) is 0 Å².